The van der Waals surface area contributed by atoms with E-state index in [1.54, 1.807) is 24.3 Å². The van der Waals surface area contributed by atoms with Gasteiger partial charge < -0.3 is 10.5 Å². The maximum atomic E-state index is 10.5. The Morgan fingerprint density at radius 1 is 1.29 bits per heavy atom. The minimum atomic E-state index is -0.909. The Kier molecular flexibility index (Phi) is 3.48. The van der Waals surface area contributed by atoms with E-state index in [0.29, 0.717) is 11.6 Å². The third kappa shape index (κ3) is 3.06. The fraction of sp³-hybridized carbons (Fsp3) is 0.300. The molecule has 3 N–H and O–H groups in total. The Bertz CT molecular complexity index is 306. The Labute approximate surface area is 82.9 Å². The summed E-state index contributed by atoms with van der Waals surface area (Å²) >= 11 is 0. The van der Waals surface area contributed by atoms with Crippen LogP contribution in [0.15, 0.2) is 24.3 Å². The van der Waals surface area contributed by atoms with E-state index in [4.69, 9.17) is 5.11 Å². The third-order valence-corrected chi connectivity index (χ3v) is 1.64. The van der Waals surface area contributed by atoms with Gasteiger partial charge in [0.05, 0.1) is 5.56 Å². The smallest absolute Gasteiger partial charge is 0.335 e. The minimum absolute atomic E-state index is 0.292. The normalized spacial score (nSPS) is 10.2. The quantitative estimate of drug-likeness (QED) is 0.638. The van der Waals surface area contributed by atoms with Crippen LogP contribution >= 0.6 is 0 Å². The fourth-order valence-corrected chi connectivity index (χ4v) is 0.924. The van der Waals surface area contributed by atoms with Crippen LogP contribution in [-0.4, -0.2) is 17.1 Å². The molecular weight excluding hydrogens is 180 g/mol. The van der Waals surface area contributed by atoms with E-state index in [1.807, 2.05) is 13.8 Å². The van der Waals surface area contributed by atoms with Crippen molar-refractivity contribution >= 4 is 11.7 Å². The molecule has 1 aromatic rings. The van der Waals surface area contributed by atoms with Gasteiger partial charge in [0, 0.05) is 11.7 Å². The highest BCUT2D eigenvalue weighted by molar-refractivity contribution is 5.87. The largest absolute Gasteiger partial charge is 0.478 e. The molecule has 1 aromatic carbocycles. The molecule has 14 heavy (non-hydrogen) atoms. The summed E-state index contributed by atoms with van der Waals surface area (Å²) in [5, 5.41) is 8.66. The van der Waals surface area contributed by atoms with Crippen molar-refractivity contribution in [3.05, 3.63) is 29.8 Å². The maximum absolute atomic E-state index is 10.5. The molecule has 0 aliphatic rings. The van der Waals surface area contributed by atoms with Crippen molar-refractivity contribution in [3.8, 4) is 0 Å². The Balaban J connectivity index is 2.60. The number of hydrogen-bond acceptors (Lipinski definition) is 3. The van der Waals surface area contributed by atoms with E-state index >= 15 is 0 Å². The summed E-state index contributed by atoms with van der Waals surface area (Å²) in [6.07, 6.45) is 0. The van der Waals surface area contributed by atoms with Crippen LogP contribution < -0.4 is 10.9 Å². The van der Waals surface area contributed by atoms with Crippen molar-refractivity contribution in [1.82, 2.24) is 5.43 Å². The lowest BCUT2D eigenvalue weighted by atomic mass is 10.2. The molecule has 0 fully saturated rings. The SMILES string of the molecule is CC(C)NNc1ccc(C(=O)O)cc1. The van der Waals surface area contributed by atoms with Crippen LogP contribution in [0.2, 0.25) is 0 Å². The van der Waals surface area contributed by atoms with Gasteiger partial charge in [0.15, 0.2) is 0 Å². The molecule has 0 amide bonds. The zero-order valence-electron chi connectivity index (χ0n) is 8.24. The molecule has 0 saturated carbocycles. The predicted molar refractivity (Wildman–Crippen MR) is 55.3 cm³/mol. The molecule has 0 spiro atoms. The van der Waals surface area contributed by atoms with Gasteiger partial charge in [-0.3, -0.25) is 0 Å². The average molecular weight is 194 g/mol. The number of carboxylic acid groups (broad SMARTS) is 1. The van der Waals surface area contributed by atoms with Crippen LogP contribution in [-0.2, 0) is 0 Å². The number of carbonyl (C=O) groups is 1. The summed E-state index contributed by atoms with van der Waals surface area (Å²) in [6.45, 7) is 4.03. The minimum Gasteiger partial charge on any atom is -0.478 e. The molecule has 76 valence electrons. The second kappa shape index (κ2) is 4.62. The van der Waals surface area contributed by atoms with E-state index in [1.165, 1.54) is 0 Å². The van der Waals surface area contributed by atoms with Gasteiger partial charge in [0.25, 0.3) is 0 Å². The molecule has 0 heterocycles. The summed E-state index contributed by atoms with van der Waals surface area (Å²) in [7, 11) is 0. The van der Waals surface area contributed by atoms with Crippen molar-refractivity contribution in [2.45, 2.75) is 19.9 Å². The van der Waals surface area contributed by atoms with Crippen LogP contribution in [0, 0.1) is 0 Å². The first-order chi connectivity index (χ1) is 6.59. The number of anilines is 1. The van der Waals surface area contributed by atoms with Gasteiger partial charge >= 0.3 is 5.97 Å². The Morgan fingerprint density at radius 3 is 2.29 bits per heavy atom. The lowest BCUT2D eigenvalue weighted by molar-refractivity contribution is 0.0697. The molecule has 1 rings (SSSR count). The van der Waals surface area contributed by atoms with Gasteiger partial charge in [-0.05, 0) is 38.1 Å². The van der Waals surface area contributed by atoms with E-state index in [0.717, 1.165) is 5.69 Å². The van der Waals surface area contributed by atoms with Gasteiger partial charge in [-0.25, -0.2) is 10.2 Å². The van der Waals surface area contributed by atoms with Crippen LogP contribution in [0.3, 0.4) is 0 Å². The Morgan fingerprint density at radius 2 is 1.86 bits per heavy atom. The number of aromatic carboxylic acids is 1. The number of hydrazine groups is 1. The standard InChI is InChI=1S/C10H14N2O2/c1-7(2)11-12-9-5-3-8(4-6-9)10(13)14/h3-7,11-12H,1-2H3,(H,13,14). The van der Waals surface area contributed by atoms with Gasteiger partial charge in [0.2, 0.25) is 0 Å². The van der Waals surface area contributed by atoms with Gasteiger partial charge in [-0.1, -0.05) is 0 Å². The molecule has 0 aliphatic carbocycles. The number of rotatable bonds is 4. The molecule has 4 heteroatoms. The molecule has 0 aromatic heterocycles. The van der Waals surface area contributed by atoms with Crippen molar-refractivity contribution in [1.29, 1.82) is 0 Å². The van der Waals surface area contributed by atoms with Crippen LogP contribution in [0.25, 0.3) is 0 Å². The molecule has 0 radical (unpaired) electrons. The van der Waals surface area contributed by atoms with Crippen molar-refractivity contribution in [2.75, 3.05) is 5.43 Å². The van der Waals surface area contributed by atoms with Crippen molar-refractivity contribution in [2.24, 2.45) is 0 Å². The van der Waals surface area contributed by atoms with E-state index in [9.17, 15) is 4.79 Å². The lowest BCUT2D eigenvalue weighted by Gasteiger charge is -2.10. The van der Waals surface area contributed by atoms with Crippen LogP contribution in [0.1, 0.15) is 24.2 Å². The summed E-state index contributed by atoms with van der Waals surface area (Å²) in [5.74, 6) is -0.909. The maximum Gasteiger partial charge on any atom is 0.335 e. The summed E-state index contributed by atoms with van der Waals surface area (Å²) in [4.78, 5) is 10.5. The monoisotopic (exact) mass is 194 g/mol. The zero-order chi connectivity index (χ0) is 10.6. The number of nitrogens with one attached hydrogen (secondary N) is 2. The molecule has 0 saturated heterocycles. The second-order valence-electron chi connectivity index (χ2n) is 3.31. The van der Waals surface area contributed by atoms with Crippen molar-refractivity contribution < 1.29 is 9.90 Å². The molecule has 0 bridgehead atoms. The predicted octanol–water partition coefficient (Wildman–Crippen LogP) is 1.71. The molecule has 4 nitrogen and oxygen atoms in total. The molecule has 0 atom stereocenters. The van der Waals surface area contributed by atoms with Crippen LogP contribution in [0.5, 0.6) is 0 Å². The summed E-state index contributed by atoms with van der Waals surface area (Å²) < 4.78 is 0. The topological polar surface area (TPSA) is 61.4 Å². The lowest BCUT2D eigenvalue weighted by Crippen LogP contribution is -2.28. The summed E-state index contributed by atoms with van der Waals surface area (Å²) in [6, 6.07) is 6.89. The van der Waals surface area contributed by atoms with Gasteiger partial charge in [-0.2, -0.15) is 0 Å². The molecule has 0 aliphatic heterocycles. The fourth-order valence-electron chi connectivity index (χ4n) is 0.924. The second-order valence-corrected chi connectivity index (χ2v) is 3.31. The highest BCUT2D eigenvalue weighted by Crippen LogP contribution is 2.08. The third-order valence-electron chi connectivity index (χ3n) is 1.64. The number of hydrogen-bond donors (Lipinski definition) is 3. The average Bonchev–Trinajstić information content (AvgIpc) is 2.15. The summed E-state index contributed by atoms with van der Waals surface area (Å²) in [5.41, 5.74) is 7.12. The first-order valence-corrected chi connectivity index (χ1v) is 4.44. The van der Waals surface area contributed by atoms with Gasteiger partial charge in [0.1, 0.15) is 0 Å². The van der Waals surface area contributed by atoms with Gasteiger partial charge in [-0.15, -0.1) is 0 Å². The van der Waals surface area contributed by atoms with E-state index < -0.39 is 5.97 Å². The van der Waals surface area contributed by atoms with Crippen LogP contribution in [0.4, 0.5) is 5.69 Å². The number of benzene rings is 1. The number of carboxylic acids is 1. The van der Waals surface area contributed by atoms with E-state index in [2.05, 4.69) is 10.9 Å². The highest BCUT2D eigenvalue weighted by Gasteiger charge is 2.01. The first-order valence-electron chi connectivity index (χ1n) is 4.44. The molecular formula is C10H14N2O2. The Hall–Kier alpha value is -1.55. The highest BCUT2D eigenvalue weighted by atomic mass is 16.4. The zero-order valence-corrected chi connectivity index (χ0v) is 8.24. The molecule has 0 unspecified atom stereocenters. The van der Waals surface area contributed by atoms with Crippen molar-refractivity contribution in [3.63, 3.8) is 0 Å². The van der Waals surface area contributed by atoms with E-state index in [-0.39, 0.29) is 0 Å². The first kappa shape index (κ1) is 10.5.